The summed E-state index contributed by atoms with van der Waals surface area (Å²) in [6.07, 6.45) is 5.13. The maximum atomic E-state index is 12.9. The fourth-order valence-electron chi connectivity index (χ4n) is 5.54. The lowest BCUT2D eigenvalue weighted by Gasteiger charge is -2.36. The Kier molecular flexibility index (Phi) is 5.46. The third-order valence-electron chi connectivity index (χ3n) is 7.83. The van der Waals surface area contributed by atoms with E-state index in [0.717, 1.165) is 50.7 Å². The summed E-state index contributed by atoms with van der Waals surface area (Å²) < 4.78 is 2.42. The molecule has 34 heavy (non-hydrogen) atoms. The number of hydrogen-bond donors (Lipinski definition) is 0. The van der Waals surface area contributed by atoms with Crippen LogP contribution in [0.5, 0.6) is 0 Å². The number of nitriles is 1. The minimum Gasteiger partial charge on any atom is -0.368 e. The Morgan fingerprint density at radius 3 is 2.44 bits per heavy atom. The lowest BCUT2D eigenvalue weighted by atomic mass is 9.91. The number of anilines is 1. The second-order valence-corrected chi connectivity index (χ2v) is 9.69. The van der Waals surface area contributed by atoms with Gasteiger partial charge in [0.25, 0.3) is 5.91 Å². The Hall–Kier alpha value is -3.37. The van der Waals surface area contributed by atoms with Crippen molar-refractivity contribution in [3.05, 3.63) is 59.4 Å². The molecule has 1 saturated heterocycles. The largest absolute Gasteiger partial charge is 0.368 e. The van der Waals surface area contributed by atoms with E-state index in [0.29, 0.717) is 24.2 Å². The number of piperazine rings is 1. The molecule has 0 unspecified atom stereocenters. The molecular formula is C27H30N6O. The van der Waals surface area contributed by atoms with Crippen molar-refractivity contribution in [1.29, 1.82) is 5.26 Å². The van der Waals surface area contributed by atoms with Gasteiger partial charge in [0.1, 0.15) is 5.82 Å². The molecule has 1 amide bonds. The highest BCUT2D eigenvalue weighted by Gasteiger charge is 2.28. The molecule has 2 aliphatic heterocycles. The normalized spacial score (nSPS) is 19.4. The van der Waals surface area contributed by atoms with E-state index < -0.39 is 0 Å². The van der Waals surface area contributed by atoms with Crippen LogP contribution in [-0.2, 0) is 13.0 Å². The van der Waals surface area contributed by atoms with E-state index in [4.69, 9.17) is 10.2 Å². The van der Waals surface area contributed by atoms with Crippen molar-refractivity contribution in [1.82, 2.24) is 19.4 Å². The first-order valence-electron chi connectivity index (χ1n) is 12.5. The molecule has 6 rings (SSSR count). The molecule has 1 aromatic heterocycles. The second kappa shape index (κ2) is 8.77. The van der Waals surface area contributed by atoms with Gasteiger partial charge in [-0.1, -0.05) is 6.42 Å². The van der Waals surface area contributed by atoms with E-state index in [1.54, 1.807) is 24.3 Å². The Morgan fingerprint density at radius 2 is 1.74 bits per heavy atom. The quantitative estimate of drug-likeness (QED) is 0.608. The van der Waals surface area contributed by atoms with Gasteiger partial charge in [-0.25, -0.2) is 4.98 Å². The Labute approximate surface area is 200 Å². The molecule has 7 nitrogen and oxygen atoms in total. The number of amides is 1. The second-order valence-electron chi connectivity index (χ2n) is 9.69. The number of carbonyl (C=O) groups excluding carboxylic acids is 1. The van der Waals surface area contributed by atoms with Crippen LogP contribution in [0.1, 0.15) is 41.0 Å². The van der Waals surface area contributed by atoms with Crippen molar-refractivity contribution in [2.45, 2.75) is 38.3 Å². The van der Waals surface area contributed by atoms with Gasteiger partial charge in [-0.3, -0.25) is 9.69 Å². The van der Waals surface area contributed by atoms with Crippen LogP contribution in [0.3, 0.4) is 0 Å². The molecule has 1 aliphatic carbocycles. The van der Waals surface area contributed by atoms with E-state index in [9.17, 15) is 4.79 Å². The Bertz CT molecular complexity index is 1240. The number of benzene rings is 2. The van der Waals surface area contributed by atoms with Crippen molar-refractivity contribution in [2.24, 2.45) is 0 Å². The van der Waals surface area contributed by atoms with Gasteiger partial charge in [0.2, 0.25) is 0 Å². The molecule has 7 heteroatoms. The molecule has 3 aromatic rings. The van der Waals surface area contributed by atoms with Crippen molar-refractivity contribution in [2.75, 3.05) is 44.2 Å². The fraction of sp³-hybridized carbons (Fsp3) is 0.444. The number of imidazole rings is 1. The maximum Gasteiger partial charge on any atom is 0.253 e. The van der Waals surface area contributed by atoms with Crippen LogP contribution >= 0.6 is 0 Å². The molecule has 3 heterocycles. The summed E-state index contributed by atoms with van der Waals surface area (Å²) in [5.41, 5.74) is 4.72. The summed E-state index contributed by atoms with van der Waals surface area (Å²) in [6.45, 7) is 6.25. The van der Waals surface area contributed by atoms with Gasteiger partial charge in [0, 0.05) is 69.5 Å². The number of hydrogen-bond acceptors (Lipinski definition) is 5. The molecule has 0 bridgehead atoms. The van der Waals surface area contributed by atoms with Crippen LogP contribution in [0, 0.1) is 11.3 Å². The molecule has 0 atom stereocenters. The highest BCUT2D eigenvalue weighted by Crippen LogP contribution is 2.29. The van der Waals surface area contributed by atoms with E-state index >= 15 is 0 Å². The van der Waals surface area contributed by atoms with Gasteiger partial charge in [-0.2, -0.15) is 5.26 Å². The Balaban J connectivity index is 1.12. The van der Waals surface area contributed by atoms with Crippen molar-refractivity contribution in [3.63, 3.8) is 0 Å². The third-order valence-corrected chi connectivity index (χ3v) is 7.83. The molecule has 0 spiro atoms. The van der Waals surface area contributed by atoms with Gasteiger partial charge in [-0.05, 0) is 55.3 Å². The van der Waals surface area contributed by atoms with Crippen molar-refractivity contribution < 1.29 is 4.79 Å². The zero-order valence-electron chi connectivity index (χ0n) is 19.5. The highest BCUT2D eigenvalue weighted by molar-refractivity contribution is 5.94. The van der Waals surface area contributed by atoms with Crippen LogP contribution in [0.4, 0.5) is 5.69 Å². The van der Waals surface area contributed by atoms with Crippen molar-refractivity contribution >= 4 is 22.6 Å². The number of carbonyl (C=O) groups is 1. The highest BCUT2D eigenvalue weighted by atomic mass is 16.2. The summed E-state index contributed by atoms with van der Waals surface area (Å²) in [6, 6.07) is 16.5. The van der Waals surface area contributed by atoms with Gasteiger partial charge < -0.3 is 14.4 Å². The smallest absolute Gasteiger partial charge is 0.253 e. The van der Waals surface area contributed by atoms with E-state index in [1.165, 1.54) is 36.3 Å². The molecule has 174 valence electrons. The van der Waals surface area contributed by atoms with Gasteiger partial charge in [-0.15, -0.1) is 0 Å². The number of nitrogens with zero attached hydrogens (tertiary/aromatic N) is 6. The first kappa shape index (κ1) is 21.2. The minimum atomic E-state index is 0.0355. The Morgan fingerprint density at radius 1 is 0.941 bits per heavy atom. The summed E-state index contributed by atoms with van der Waals surface area (Å²) in [5.74, 6) is 1.25. The molecule has 1 saturated carbocycles. The molecule has 2 aromatic carbocycles. The predicted molar refractivity (Wildman–Crippen MR) is 132 cm³/mol. The van der Waals surface area contributed by atoms with Crippen LogP contribution < -0.4 is 4.90 Å². The zero-order valence-corrected chi connectivity index (χ0v) is 19.5. The first-order valence-corrected chi connectivity index (χ1v) is 12.5. The predicted octanol–water partition coefficient (Wildman–Crippen LogP) is 3.28. The van der Waals surface area contributed by atoms with Gasteiger partial charge in [0.15, 0.2) is 0 Å². The minimum absolute atomic E-state index is 0.0355. The van der Waals surface area contributed by atoms with Gasteiger partial charge >= 0.3 is 0 Å². The number of aromatic nitrogens is 2. The maximum absolute atomic E-state index is 12.9. The molecule has 0 radical (unpaired) electrons. The van der Waals surface area contributed by atoms with Crippen molar-refractivity contribution in [3.8, 4) is 6.07 Å². The lowest BCUT2D eigenvalue weighted by molar-refractivity contribution is 0.0747. The number of rotatable bonds is 3. The van der Waals surface area contributed by atoms with Gasteiger partial charge in [0.05, 0.1) is 22.7 Å². The first-order chi connectivity index (χ1) is 16.7. The number of fused-ring (bicyclic) bond motifs is 3. The van der Waals surface area contributed by atoms with Crippen LogP contribution in [-0.4, -0.2) is 70.6 Å². The fourth-order valence-corrected chi connectivity index (χ4v) is 5.54. The monoisotopic (exact) mass is 454 g/mol. The SMILES string of the molecule is N#Cc1ccc(C(=O)N2CCN(c3ccc4c(c3)nc3n4CCN(C4CCC4)CC3)CC2)cc1. The summed E-state index contributed by atoms with van der Waals surface area (Å²) >= 11 is 0. The van der Waals surface area contributed by atoms with Crippen LogP contribution in [0.2, 0.25) is 0 Å². The van der Waals surface area contributed by atoms with E-state index in [1.807, 2.05) is 4.90 Å². The van der Waals surface area contributed by atoms with Crippen LogP contribution in [0.15, 0.2) is 42.5 Å². The average molecular weight is 455 g/mol. The van der Waals surface area contributed by atoms with E-state index in [-0.39, 0.29) is 5.91 Å². The average Bonchev–Trinajstić information content (AvgIpc) is 3.08. The summed E-state index contributed by atoms with van der Waals surface area (Å²) in [4.78, 5) is 24.8. The summed E-state index contributed by atoms with van der Waals surface area (Å²) in [5, 5.41) is 8.96. The van der Waals surface area contributed by atoms with Crippen LogP contribution in [0.25, 0.3) is 11.0 Å². The topological polar surface area (TPSA) is 68.4 Å². The third kappa shape index (κ3) is 3.82. The molecule has 2 fully saturated rings. The van der Waals surface area contributed by atoms with E-state index in [2.05, 4.69) is 38.6 Å². The standard InChI is InChI=1S/C27H30N6O/c28-19-20-4-6-21(7-5-20)27(34)32-14-12-31(13-15-32)23-8-9-25-24(18-23)29-26-10-11-30(16-17-33(25)26)22-2-1-3-22/h4-9,18,22H,1-3,10-17H2. The molecule has 3 aliphatic rings. The lowest BCUT2D eigenvalue weighted by Crippen LogP contribution is -2.48. The summed E-state index contributed by atoms with van der Waals surface area (Å²) in [7, 11) is 0. The molecule has 0 N–H and O–H groups in total. The zero-order chi connectivity index (χ0) is 23.1. The molecular weight excluding hydrogens is 424 g/mol.